The number of methoxy groups -OCH3 is 1. The van der Waals surface area contributed by atoms with Crippen molar-refractivity contribution in [2.45, 2.75) is 44.6 Å². The van der Waals surface area contributed by atoms with Gasteiger partial charge in [-0.3, -0.25) is 0 Å². The number of fused-ring (bicyclic) bond motifs is 5. The molecule has 1 heterocycles. The van der Waals surface area contributed by atoms with E-state index in [0.717, 1.165) is 43.8 Å². The molecule has 21 heavy (non-hydrogen) atoms. The highest BCUT2D eigenvalue weighted by Crippen LogP contribution is 2.60. The summed E-state index contributed by atoms with van der Waals surface area (Å²) in [4.78, 5) is 0. The van der Waals surface area contributed by atoms with Crippen LogP contribution in [0.15, 0.2) is 18.2 Å². The van der Waals surface area contributed by atoms with Crippen molar-refractivity contribution in [1.29, 1.82) is 0 Å². The van der Waals surface area contributed by atoms with Crippen molar-refractivity contribution in [3.8, 4) is 11.5 Å². The number of benzene rings is 1. The lowest BCUT2D eigenvalue weighted by atomic mass is 9.58. The minimum absolute atomic E-state index is 0.106. The largest absolute Gasteiger partial charge is 0.497 e. The molecule has 3 aliphatic rings. The molecule has 1 aliphatic heterocycles. The van der Waals surface area contributed by atoms with E-state index < -0.39 is 0 Å². The normalized spacial score (nSPS) is 40.7. The van der Waals surface area contributed by atoms with Crippen LogP contribution < -0.4 is 9.47 Å². The minimum atomic E-state index is -0.124. The van der Waals surface area contributed by atoms with E-state index in [1.807, 2.05) is 12.1 Å². The molecular formula is C18H24O3. The Morgan fingerprint density at radius 1 is 1.29 bits per heavy atom. The summed E-state index contributed by atoms with van der Waals surface area (Å²) in [7, 11) is 1.69. The first-order valence-electron chi connectivity index (χ1n) is 8.12. The van der Waals surface area contributed by atoms with Gasteiger partial charge in [0.05, 0.1) is 19.8 Å². The quantitative estimate of drug-likeness (QED) is 0.861. The maximum Gasteiger partial charge on any atom is 0.126 e. The summed E-state index contributed by atoms with van der Waals surface area (Å²) in [6.45, 7) is 3.08. The fraction of sp³-hybridized carbons (Fsp3) is 0.667. The molecule has 1 N–H and O–H groups in total. The van der Waals surface area contributed by atoms with Crippen molar-refractivity contribution in [2.24, 2.45) is 17.3 Å². The van der Waals surface area contributed by atoms with Crippen LogP contribution in [0.5, 0.6) is 11.5 Å². The van der Waals surface area contributed by atoms with Crippen LogP contribution in [0.3, 0.4) is 0 Å². The lowest BCUT2D eigenvalue weighted by Crippen LogP contribution is -2.45. The van der Waals surface area contributed by atoms with Gasteiger partial charge in [0.2, 0.25) is 0 Å². The molecule has 3 nitrogen and oxygen atoms in total. The second-order valence-electron chi connectivity index (χ2n) is 7.23. The molecule has 0 amide bonds. The molecule has 2 saturated carbocycles. The van der Waals surface area contributed by atoms with Crippen LogP contribution >= 0.6 is 0 Å². The molecule has 4 rings (SSSR count). The van der Waals surface area contributed by atoms with Crippen LogP contribution in [0.25, 0.3) is 0 Å². The summed E-state index contributed by atoms with van der Waals surface area (Å²) in [5.74, 6) is 3.60. The van der Waals surface area contributed by atoms with Crippen LogP contribution in [0, 0.1) is 17.3 Å². The highest BCUT2D eigenvalue weighted by Gasteiger charge is 2.55. The topological polar surface area (TPSA) is 38.7 Å². The number of hydrogen-bond acceptors (Lipinski definition) is 3. The molecule has 0 unspecified atom stereocenters. The van der Waals surface area contributed by atoms with Crippen molar-refractivity contribution in [1.82, 2.24) is 0 Å². The molecule has 5 atom stereocenters. The van der Waals surface area contributed by atoms with Crippen molar-refractivity contribution in [3.63, 3.8) is 0 Å². The average Bonchev–Trinajstić information content (AvgIpc) is 2.82. The molecule has 0 aromatic heterocycles. The third kappa shape index (κ3) is 1.83. The summed E-state index contributed by atoms with van der Waals surface area (Å²) in [5, 5.41) is 10.4. The zero-order valence-electron chi connectivity index (χ0n) is 12.8. The van der Waals surface area contributed by atoms with Gasteiger partial charge in [-0.25, -0.2) is 0 Å². The Bertz CT molecular complexity index is 555. The summed E-state index contributed by atoms with van der Waals surface area (Å²) < 4.78 is 11.4. The van der Waals surface area contributed by atoms with E-state index in [0.29, 0.717) is 17.8 Å². The Balaban J connectivity index is 1.68. The van der Waals surface area contributed by atoms with Gasteiger partial charge in [-0.1, -0.05) is 13.0 Å². The van der Waals surface area contributed by atoms with Gasteiger partial charge < -0.3 is 14.6 Å². The van der Waals surface area contributed by atoms with Crippen molar-refractivity contribution in [2.75, 3.05) is 13.7 Å². The predicted molar refractivity (Wildman–Crippen MR) is 80.8 cm³/mol. The molecule has 2 aliphatic carbocycles. The first-order valence-corrected chi connectivity index (χ1v) is 8.12. The lowest BCUT2D eigenvalue weighted by molar-refractivity contribution is -0.0356. The zero-order chi connectivity index (χ0) is 14.6. The lowest BCUT2D eigenvalue weighted by Gasteiger charge is -2.49. The molecule has 0 bridgehead atoms. The predicted octanol–water partition coefficient (Wildman–Crippen LogP) is 3.36. The summed E-state index contributed by atoms with van der Waals surface area (Å²) in [6.07, 6.45) is 4.27. The number of aliphatic hydroxyl groups excluding tert-OH is 1. The van der Waals surface area contributed by atoms with E-state index in [9.17, 15) is 5.11 Å². The molecule has 2 fully saturated rings. The molecule has 1 aromatic rings. The van der Waals surface area contributed by atoms with E-state index in [1.165, 1.54) is 5.56 Å². The number of rotatable bonds is 1. The second kappa shape index (κ2) is 4.64. The third-order valence-corrected chi connectivity index (χ3v) is 6.44. The maximum atomic E-state index is 10.4. The van der Waals surface area contributed by atoms with E-state index in [1.54, 1.807) is 7.11 Å². The molecular weight excluding hydrogens is 264 g/mol. The molecule has 1 aromatic carbocycles. The van der Waals surface area contributed by atoms with E-state index in [-0.39, 0.29) is 11.5 Å². The second-order valence-corrected chi connectivity index (χ2v) is 7.23. The average molecular weight is 288 g/mol. The SMILES string of the molecule is COc1ccc2c(c1)OC[C@@H]1[C@@H]2CC[C@]2(C)[C@@H](O)CC[C@@H]12. The van der Waals surface area contributed by atoms with Crippen LogP contribution in [-0.2, 0) is 0 Å². The Hall–Kier alpha value is -1.22. The Morgan fingerprint density at radius 3 is 2.95 bits per heavy atom. The number of aliphatic hydroxyl groups is 1. The van der Waals surface area contributed by atoms with Crippen molar-refractivity contribution >= 4 is 0 Å². The molecule has 0 radical (unpaired) electrons. The third-order valence-electron chi connectivity index (χ3n) is 6.44. The minimum Gasteiger partial charge on any atom is -0.497 e. The maximum absolute atomic E-state index is 10.4. The van der Waals surface area contributed by atoms with Gasteiger partial charge in [-0.15, -0.1) is 0 Å². The van der Waals surface area contributed by atoms with Gasteiger partial charge >= 0.3 is 0 Å². The molecule has 3 heteroatoms. The standard InChI is InChI=1S/C18H24O3/c1-18-8-7-12-13-4-3-11(20-2)9-16(13)21-10-14(12)15(18)5-6-17(18)19/h3-4,9,12,14-15,17,19H,5-8,10H2,1-2H3/t12-,14-,15+,17+,18+/m1/s1. The molecule has 114 valence electrons. The first kappa shape index (κ1) is 13.4. The van der Waals surface area contributed by atoms with Crippen LogP contribution in [0.1, 0.15) is 44.1 Å². The van der Waals surface area contributed by atoms with E-state index >= 15 is 0 Å². The van der Waals surface area contributed by atoms with Crippen LogP contribution in [0.4, 0.5) is 0 Å². The Morgan fingerprint density at radius 2 is 2.14 bits per heavy atom. The highest BCUT2D eigenvalue weighted by molar-refractivity contribution is 5.45. The van der Waals surface area contributed by atoms with Gasteiger partial charge in [0.15, 0.2) is 0 Å². The van der Waals surface area contributed by atoms with E-state index in [2.05, 4.69) is 13.0 Å². The Labute approximate surface area is 126 Å². The fourth-order valence-corrected chi connectivity index (χ4v) is 5.14. The van der Waals surface area contributed by atoms with Crippen molar-refractivity contribution < 1.29 is 14.6 Å². The monoisotopic (exact) mass is 288 g/mol. The zero-order valence-corrected chi connectivity index (χ0v) is 12.8. The molecule has 0 spiro atoms. The van der Waals surface area contributed by atoms with E-state index in [4.69, 9.17) is 9.47 Å². The number of ether oxygens (including phenoxy) is 2. The van der Waals surface area contributed by atoms with Gasteiger partial charge in [-0.2, -0.15) is 0 Å². The summed E-state index contributed by atoms with van der Waals surface area (Å²) in [5.41, 5.74) is 1.45. The van der Waals surface area contributed by atoms with Gasteiger partial charge in [0.25, 0.3) is 0 Å². The number of hydrogen-bond donors (Lipinski definition) is 1. The Kier molecular flexibility index (Phi) is 2.97. The van der Waals surface area contributed by atoms with Crippen LogP contribution in [-0.4, -0.2) is 24.9 Å². The van der Waals surface area contributed by atoms with Gasteiger partial charge in [0.1, 0.15) is 11.5 Å². The van der Waals surface area contributed by atoms with Gasteiger partial charge in [0, 0.05) is 12.0 Å². The smallest absolute Gasteiger partial charge is 0.126 e. The fourth-order valence-electron chi connectivity index (χ4n) is 5.14. The van der Waals surface area contributed by atoms with Gasteiger partial charge in [-0.05, 0) is 54.6 Å². The first-order chi connectivity index (χ1) is 10.1. The highest BCUT2D eigenvalue weighted by atomic mass is 16.5. The summed E-state index contributed by atoms with van der Waals surface area (Å²) in [6, 6.07) is 6.24. The molecule has 0 saturated heterocycles. The summed E-state index contributed by atoms with van der Waals surface area (Å²) >= 11 is 0. The van der Waals surface area contributed by atoms with Crippen LogP contribution in [0.2, 0.25) is 0 Å². The van der Waals surface area contributed by atoms with Crippen molar-refractivity contribution in [3.05, 3.63) is 23.8 Å².